The Morgan fingerprint density at radius 1 is 1.53 bits per heavy atom. The molecule has 0 radical (unpaired) electrons. The average molecular weight is 302 g/mol. The van der Waals surface area contributed by atoms with Crippen LogP contribution >= 0.6 is 15.9 Å². The summed E-state index contributed by atoms with van der Waals surface area (Å²) < 4.78 is 5.49. The Balaban J connectivity index is 2.87. The lowest BCUT2D eigenvalue weighted by atomic mass is 10.1. The zero-order valence-corrected chi connectivity index (χ0v) is 11.6. The van der Waals surface area contributed by atoms with Gasteiger partial charge in [0.2, 0.25) is 0 Å². The van der Waals surface area contributed by atoms with Crippen LogP contribution in [-0.4, -0.2) is 11.5 Å². The number of ether oxygens (including phenoxy) is 1. The number of benzene rings is 1. The van der Waals surface area contributed by atoms with Gasteiger partial charge < -0.3 is 4.74 Å². The summed E-state index contributed by atoms with van der Waals surface area (Å²) in [6, 6.07) is 5.03. The summed E-state index contributed by atoms with van der Waals surface area (Å²) in [5.41, 5.74) is 0.901. The van der Waals surface area contributed by atoms with Gasteiger partial charge in [0.1, 0.15) is 0 Å². The lowest BCUT2D eigenvalue weighted by molar-refractivity contribution is -0.386. The maximum atomic E-state index is 10.9. The standard InChI is InChI=1S/C12H16BrNO3/c1-3-9(2)8-17-12-5-4-10(7-13)6-11(12)14(15)16/h4-6,9H,3,7-8H2,1-2H3. The normalized spacial score (nSPS) is 12.2. The van der Waals surface area contributed by atoms with Gasteiger partial charge in [-0.05, 0) is 17.5 Å². The molecule has 0 saturated heterocycles. The molecule has 0 aliphatic rings. The zero-order chi connectivity index (χ0) is 12.8. The number of hydrogen-bond donors (Lipinski definition) is 0. The molecule has 1 unspecified atom stereocenters. The first-order valence-corrected chi connectivity index (χ1v) is 6.66. The molecule has 0 aliphatic carbocycles. The highest BCUT2D eigenvalue weighted by Crippen LogP contribution is 2.29. The van der Waals surface area contributed by atoms with E-state index < -0.39 is 4.92 Å². The van der Waals surface area contributed by atoms with Gasteiger partial charge in [-0.2, -0.15) is 0 Å². The van der Waals surface area contributed by atoms with Crippen molar-refractivity contribution < 1.29 is 9.66 Å². The molecule has 94 valence electrons. The van der Waals surface area contributed by atoms with Crippen molar-refractivity contribution in [3.63, 3.8) is 0 Å². The number of halogens is 1. The number of nitro groups is 1. The molecule has 1 atom stereocenters. The van der Waals surface area contributed by atoms with Gasteiger partial charge in [-0.3, -0.25) is 10.1 Å². The van der Waals surface area contributed by atoms with Crippen molar-refractivity contribution in [2.75, 3.05) is 6.61 Å². The predicted octanol–water partition coefficient (Wildman–Crippen LogP) is 3.91. The van der Waals surface area contributed by atoms with Gasteiger partial charge in [0, 0.05) is 11.4 Å². The summed E-state index contributed by atoms with van der Waals surface area (Å²) >= 11 is 3.28. The number of hydrogen-bond acceptors (Lipinski definition) is 3. The van der Waals surface area contributed by atoms with Crippen molar-refractivity contribution in [1.29, 1.82) is 0 Å². The van der Waals surface area contributed by atoms with Crippen LogP contribution in [0, 0.1) is 16.0 Å². The first-order chi connectivity index (χ1) is 8.08. The van der Waals surface area contributed by atoms with E-state index in [9.17, 15) is 10.1 Å². The van der Waals surface area contributed by atoms with Crippen LogP contribution in [0.1, 0.15) is 25.8 Å². The number of alkyl halides is 1. The second-order valence-electron chi connectivity index (χ2n) is 4.02. The van der Waals surface area contributed by atoms with Crippen molar-refractivity contribution >= 4 is 21.6 Å². The molecule has 4 nitrogen and oxygen atoms in total. The van der Waals surface area contributed by atoms with E-state index in [2.05, 4.69) is 29.8 Å². The van der Waals surface area contributed by atoms with E-state index in [4.69, 9.17) is 4.74 Å². The quantitative estimate of drug-likeness (QED) is 0.455. The largest absolute Gasteiger partial charge is 0.487 e. The summed E-state index contributed by atoms with van der Waals surface area (Å²) in [6.45, 7) is 4.63. The maximum absolute atomic E-state index is 10.9. The molecular formula is C12H16BrNO3. The molecule has 0 bridgehead atoms. The molecule has 0 heterocycles. The Morgan fingerprint density at radius 3 is 2.76 bits per heavy atom. The third-order valence-corrected chi connectivity index (χ3v) is 3.24. The van der Waals surface area contributed by atoms with Crippen LogP contribution in [0.25, 0.3) is 0 Å². The Morgan fingerprint density at radius 2 is 2.24 bits per heavy atom. The lowest BCUT2D eigenvalue weighted by Gasteiger charge is -2.11. The smallest absolute Gasteiger partial charge is 0.311 e. The monoisotopic (exact) mass is 301 g/mol. The molecule has 0 amide bonds. The summed E-state index contributed by atoms with van der Waals surface area (Å²) in [4.78, 5) is 10.5. The number of nitrogens with zero attached hydrogens (tertiary/aromatic N) is 1. The van der Waals surface area contributed by atoms with E-state index >= 15 is 0 Å². The molecule has 0 aromatic heterocycles. The van der Waals surface area contributed by atoms with Crippen molar-refractivity contribution in [3.05, 3.63) is 33.9 Å². The van der Waals surface area contributed by atoms with Crippen molar-refractivity contribution in [1.82, 2.24) is 0 Å². The summed E-state index contributed by atoms with van der Waals surface area (Å²) in [7, 11) is 0. The van der Waals surface area contributed by atoms with Crippen LogP contribution in [0.4, 0.5) is 5.69 Å². The van der Waals surface area contributed by atoms with Crippen LogP contribution in [-0.2, 0) is 5.33 Å². The van der Waals surface area contributed by atoms with Gasteiger partial charge in [-0.25, -0.2) is 0 Å². The van der Waals surface area contributed by atoms with Crippen molar-refractivity contribution in [2.45, 2.75) is 25.6 Å². The number of rotatable bonds is 6. The molecule has 0 fully saturated rings. The van der Waals surface area contributed by atoms with Gasteiger partial charge >= 0.3 is 5.69 Å². The van der Waals surface area contributed by atoms with Crippen LogP contribution in [0.2, 0.25) is 0 Å². The van der Waals surface area contributed by atoms with E-state index in [0.29, 0.717) is 23.6 Å². The lowest BCUT2D eigenvalue weighted by Crippen LogP contribution is -2.08. The fourth-order valence-corrected chi connectivity index (χ4v) is 1.61. The first kappa shape index (κ1) is 14.0. The molecule has 17 heavy (non-hydrogen) atoms. The van der Waals surface area contributed by atoms with E-state index in [1.54, 1.807) is 12.1 Å². The molecule has 1 rings (SSSR count). The Kier molecular flexibility index (Phi) is 5.41. The summed E-state index contributed by atoms with van der Waals surface area (Å²) in [5, 5.41) is 11.5. The third-order valence-electron chi connectivity index (χ3n) is 2.59. The van der Waals surface area contributed by atoms with Crippen LogP contribution in [0.5, 0.6) is 5.75 Å². The van der Waals surface area contributed by atoms with E-state index in [0.717, 1.165) is 12.0 Å². The molecule has 5 heteroatoms. The Bertz CT molecular complexity index is 395. The summed E-state index contributed by atoms with van der Waals surface area (Å²) in [6.07, 6.45) is 0.993. The van der Waals surface area contributed by atoms with Gasteiger partial charge in [-0.1, -0.05) is 42.3 Å². The van der Waals surface area contributed by atoms with Crippen LogP contribution in [0.3, 0.4) is 0 Å². The van der Waals surface area contributed by atoms with E-state index in [1.807, 2.05) is 6.07 Å². The molecule has 0 N–H and O–H groups in total. The SMILES string of the molecule is CCC(C)COc1ccc(CBr)cc1[N+](=O)[O-]. The van der Waals surface area contributed by atoms with Gasteiger partial charge in [0.25, 0.3) is 0 Å². The van der Waals surface area contributed by atoms with E-state index in [1.165, 1.54) is 0 Å². The van der Waals surface area contributed by atoms with E-state index in [-0.39, 0.29) is 5.69 Å². The molecular weight excluding hydrogens is 286 g/mol. The minimum atomic E-state index is -0.405. The second kappa shape index (κ2) is 6.59. The molecule has 1 aromatic carbocycles. The highest BCUT2D eigenvalue weighted by Gasteiger charge is 2.16. The highest BCUT2D eigenvalue weighted by atomic mass is 79.9. The van der Waals surface area contributed by atoms with Crippen molar-refractivity contribution in [3.8, 4) is 5.75 Å². The third kappa shape index (κ3) is 4.00. The second-order valence-corrected chi connectivity index (χ2v) is 4.58. The van der Waals surface area contributed by atoms with Gasteiger partial charge in [0.15, 0.2) is 5.75 Å². The van der Waals surface area contributed by atoms with Crippen molar-refractivity contribution in [2.24, 2.45) is 5.92 Å². The topological polar surface area (TPSA) is 52.4 Å². The molecule has 0 spiro atoms. The van der Waals surface area contributed by atoms with Crippen LogP contribution in [0.15, 0.2) is 18.2 Å². The molecule has 0 saturated carbocycles. The summed E-state index contributed by atoms with van der Waals surface area (Å²) in [5.74, 6) is 0.741. The fraction of sp³-hybridized carbons (Fsp3) is 0.500. The van der Waals surface area contributed by atoms with Crippen LogP contribution < -0.4 is 4.74 Å². The first-order valence-electron chi connectivity index (χ1n) is 5.54. The van der Waals surface area contributed by atoms with Gasteiger partial charge in [-0.15, -0.1) is 0 Å². The minimum absolute atomic E-state index is 0.0326. The highest BCUT2D eigenvalue weighted by molar-refractivity contribution is 9.08. The maximum Gasteiger partial charge on any atom is 0.311 e. The predicted molar refractivity (Wildman–Crippen MR) is 70.7 cm³/mol. The Hall–Kier alpha value is -1.10. The fourth-order valence-electron chi connectivity index (χ4n) is 1.26. The Labute approximate surface area is 109 Å². The molecule has 0 aliphatic heterocycles. The minimum Gasteiger partial charge on any atom is -0.487 e. The average Bonchev–Trinajstić information content (AvgIpc) is 2.35. The zero-order valence-electron chi connectivity index (χ0n) is 9.98. The molecule has 1 aromatic rings. The van der Waals surface area contributed by atoms with Gasteiger partial charge in [0.05, 0.1) is 11.5 Å². The number of nitro benzene ring substituents is 1.